The summed E-state index contributed by atoms with van der Waals surface area (Å²) in [7, 11) is 0. The highest BCUT2D eigenvalue weighted by atomic mass is 32.1. The smallest absolute Gasteiger partial charge is 0.338 e. The first-order valence-corrected chi connectivity index (χ1v) is 44.7. The summed E-state index contributed by atoms with van der Waals surface area (Å²) < 4.78 is 22.2. The number of aryl methyl sites for hydroxylation is 5. The molecule has 25 nitrogen and oxygen atoms in total. The highest BCUT2D eigenvalue weighted by Crippen LogP contribution is 2.47. The number of phenolic OH excluding ortho intramolecular Hbond substituents is 10. The molecule has 26 heteroatoms. The van der Waals surface area contributed by atoms with Crippen LogP contribution in [0, 0.1) is 27.7 Å². The average molecular weight is 1740 g/mol. The van der Waals surface area contributed by atoms with Crippen molar-refractivity contribution in [2.75, 3.05) is 114 Å². The van der Waals surface area contributed by atoms with E-state index in [1.54, 1.807) is 11.3 Å². The molecule has 0 amide bonds. The van der Waals surface area contributed by atoms with Crippen LogP contribution in [0.3, 0.4) is 0 Å². The van der Waals surface area contributed by atoms with Gasteiger partial charge >= 0.3 is 5.97 Å². The van der Waals surface area contributed by atoms with Gasteiger partial charge in [0.25, 0.3) is 0 Å². The van der Waals surface area contributed by atoms with Gasteiger partial charge in [0.2, 0.25) is 6.79 Å². The summed E-state index contributed by atoms with van der Waals surface area (Å²) in [4.78, 5) is 34.4. The first-order chi connectivity index (χ1) is 61.3. The first-order valence-electron chi connectivity index (χ1n) is 43.8. The van der Waals surface area contributed by atoms with E-state index in [1.807, 2.05) is 80.6 Å². The number of nitrogens with two attached hydrogens (primary N) is 1. The number of nitrogens with one attached hydrogen (secondary N) is 1. The summed E-state index contributed by atoms with van der Waals surface area (Å²) in [6.45, 7) is 27.7. The van der Waals surface area contributed by atoms with Crippen LogP contribution in [-0.2, 0) is 36.8 Å². The Balaban J connectivity index is 0.000000133. The number of piperazine rings is 2. The Bertz CT molecular complexity index is 5780. The molecule has 0 spiro atoms. The molecule has 2 aliphatic carbocycles. The molecule has 18 rings (SSSR count). The number of hydrogen-bond donors (Lipinski definition) is 12. The third-order valence-electron chi connectivity index (χ3n) is 25.1. The van der Waals surface area contributed by atoms with Gasteiger partial charge in [-0.25, -0.2) is 9.78 Å². The molecule has 0 unspecified atom stereocenters. The number of benzene rings is 10. The van der Waals surface area contributed by atoms with Gasteiger partial charge in [0.15, 0.2) is 51.5 Å². The van der Waals surface area contributed by atoms with Crippen LogP contribution in [-0.4, -0.2) is 208 Å². The fourth-order valence-corrected chi connectivity index (χ4v) is 18.7. The fraction of sp³-hybridized carbons (Fsp3) is 0.337. The number of carbonyl (C=O) groups excluding carboxylic acids is 1. The molecule has 0 bridgehead atoms. The first kappa shape index (κ1) is 89.0. The summed E-state index contributed by atoms with van der Waals surface area (Å²) in [5.74, 6) is -1.50. The maximum atomic E-state index is 12.8. The highest BCUT2D eigenvalue weighted by Gasteiger charge is 2.38. The quantitative estimate of drug-likeness (QED) is 0.0235. The molecule has 0 saturated carbocycles. The zero-order chi connectivity index (χ0) is 89.1. The van der Waals surface area contributed by atoms with Crippen LogP contribution in [0.5, 0.6) is 74.7 Å². The van der Waals surface area contributed by atoms with Crippen LogP contribution in [0.25, 0.3) is 44.8 Å². The van der Waals surface area contributed by atoms with Crippen molar-refractivity contribution in [1.29, 1.82) is 0 Å². The lowest BCUT2D eigenvalue weighted by Crippen LogP contribution is -2.50. The molecule has 664 valence electrons. The molecule has 127 heavy (non-hydrogen) atoms. The molecule has 6 aliphatic rings. The van der Waals surface area contributed by atoms with Crippen molar-refractivity contribution in [3.63, 3.8) is 0 Å². The Morgan fingerprint density at radius 2 is 1.08 bits per heavy atom. The number of thiazole rings is 1. The van der Waals surface area contributed by atoms with Crippen LogP contribution in [0.15, 0.2) is 188 Å². The van der Waals surface area contributed by atoms with Gasteiger partial charge in [-0.05, 0) is 239 Å². The molecule has 12 aromatic rings. The molecule has 13 N–H and O–H groups in total. The molecule has 2 fully saturated rings. The summed E-state index contributed by atoms with van der Waals surface area (Å²) in [5, 5.41) is 108. The third-order valence-corrected chi connectivity index (χ3v) is 26.0. The van der Waals surface area contributed by atoms with Crippen LogP contribution in [0.1, 0.15) is 111 Å². The van der Waals surface area contributed by atoms with E-state index in [9.17, 15) is 55.9 Å². The van der Waals surface area contributed by atoms with Crippen molar-refractivity contribution >= 4 is 33.8 Å². The van der Waals surface area contributed by atoms with Crippen LogP contribution < -0.4 is 29.7 Å². The van der Waals surface area contributed by atoms with Crippen molar-refractivity contribution < 1.29 is 74.8 Å². The van der Waals surface area contributed by atoms with Crippen LogP contribution in [0.2, 0.25) is 0 Å². The number of hydrogen-bond acceptors (Lipinski definition) is 25. The number of anilines is 3. The number of aromatic amines is 1. The summed E-state index contributed by atoms with van der Waals surface area (Å²) in [6, 6.07) is 59.7. The molecule has 6 heterocycles. The number of esters is 1. The topological polar surface area (TPSA) is 343 Å². The Kier molecular flexibility index (Phi) is 28.2. The normalized spacial score (nSPS) is 17.1. The van der Waals surface area contributed by atoms with Crippen molar-refractivity contribution in [1.82, 2.24) is 34.8 Å². The van der Waals surface area contributed by atoms with Crippen LogP contribution in [0.4, 0.5) is 16.5 Å². The Hall–Kier alpha value is -12.9. The van der Waals surface area contributed by atoms with E-state index in [0.29, 0.717) is 29.3 Å². The van der Waals surface area contributed by atoms with Gasteiger partial charge in [-0.15, -0.1) is 11.3 Å². The fourth-order valence-electron chi connectivity index (χ4n) is 17.8. The SMILES string of the molecule is CCCN(CCN1CCN(c2ccc(-c3ccc(C)c(O)c3)cc2)CC1)[C@H]1CCc2c(O)cccc2C1.CCCN(CCN1CCN(c2ccc(-c3ccc(C)c(O)c3)cc2)CC1)[C@H]1CCc2nc(N)sc2C1.Cc1cc(C(=O)O[C@@H]2Cc3c(O)cc(O)cc3O[C@@H]2c2cc(O)c(O)c(O)c2)cc(O)c1O.Cc1cccc(-c2cc(-c3ccc4c(c3)OCO4)[nH]n2)c1. The molecular weight excluding hydrogens is 1630 g/mol. The number of carbonyl (C=O) groups is 1. The van der Waals surface area contributed by atoms with Gasteiger partial charge in [0.05, 0.1) is 22.6 Å². The number of aromatic nitrogens is 3. The van der Waals surface area contributed by atoms with E-state index < -0.39 is 41.2 Å². The lowest BCUT2D eigenvalue weighted by atomic mass is 9.87. The van der Waals surface area contributed by atoms with Crippen LogP contribution >= 0.6 is 11.3 Å². The standard InChI is InChI=1S/C32H41N3O2.C29H39N5OS.C23H20O10.C17H14N2O2/c1-3-15-34(29-13-14-30-27(22-29)5-4-6-31(30)36)19-16-33-17-20-35(21-18-33)28-11-9-25(10-12-28)26-8-7-24(2)32(37)23-26;1-3-12-33(25-10-11-26-28(20-25)36-29(30)31-26)16-13-32-14-17-34(18-15-32)24-8-6-22(7-9-24)23-5-4-21(2)27(35)19-23;1-9-2-11(5-15(26)20(9)29)23(31)33-19-8-13-14(25)6-12(24)7-18(13)32-22(19)10-3-16(27)21(30)17(28)4-10;1-11-3-2-4-12(7-11)14-9-15(19-18-14)13-5-6-16-17(8-13)21-10-20-16/h4-12,23,29,36-37H,3,13-22H2,1-2H3;4-9,19,25,35H,3,10-18,20H2,1-2H3,(H2,30,31);2-7,19,22,24-30H,8H2,1H3;2-9H,10H2,1H3,(H,18,19)/t29-;25-;19-,22-;/m001./s1. The Morgan fingerprint density at radius 1 is 0.504 bits per heavy atom. The molecule has 0 radical (unpaired) electrons. The second-order valence-corrected chi connectivity index (χ2v) is 34.9. The number of fused-ring (bicyclic) bond motifs is 4. The van der Waals surface area contributed by atoms with E-state index in [2.05, 4.69) is 150 Å². The van der Waals surface area contributed by atoms with Crippen molar-refractivity contribution in [3.05, 3.63) is 249 Å². The van der Waals surface area contributed by atoms with Gasteiger partial charge in [-0.2, -0.15) is 5.10 Å². The second kappa shape index (κ2) is 40.2. The average Bonchev–Trinajstić information content (AvgIpc) is 1.75. The zero-order valence-corrected chi connectivity index (χ0v) is 73.6. The zero-order valence-electron chi connectivity index (χ0n) is 72.8. The number of rotatable bonds is 21. The molecule has 2 aromatic heterocycles. The summed E-state index contributed by atoms with van der Waals surface area (Å²) >= 11 is 1.69. The van der Waals surface area contributed by atoms with Crippen molar-refractivity contribution in [2.24, 2.45) is 0 Å². The molecule has 4 aliphatic heterocycles. The third kappa shape index (κ3) is 21.5. The number of nitrogen functional groups attached to an aromatic ring is 1. The van der Waals surface area contributed by atoms with E-state index >= 15 is 0 Å². The summed E-state index contributed by atoms with van der Waals surface area (Å²) in [5.41, 5.74) is 24.3. The van der Waals surface area contributed by atoms with Crippen molar-refractivity contribution in [3.8, 4) is 120 Å². The van der Waals surface area contributed by atoms with E-state index in [0.717, 1.165) is 220 Å². The van der Waals surface area contributed by atoms with E-state index in [4.69, 9.17) is 24.7 Å². The Labute approximate surface area is 745 Å². The minimum absolute atomic E-state index is 0.0568. The highest BCUT2D eigenvalue weighted by molar-refractivity contribution is 7.15. The number of H-pyrrole nitrogens is 1. The number of phenols is 10. The predicted octanol–water partition coefficient (Wildman–Crippen LogP) is 16.9. The minimum Gasteiger partial charge on any atom is -0.508 e. The van der Waals surface area contributed by atoms with Crippen molar-refractivity contribution in [2.45, 2.75) is 124 Å². The monoisotopic (exact) mass is 1740 g/mol. The van der Waals surface area contributed by atoms with Gasteiger partial charge in [0.1, 0.15) is 40.6 Å². The summed E-state index contributed by atoms with van der Waals surface area (Å²) in [6.07, 6.45) is 6.63. The lowest BCUT2D eigenvalue weighted by molar-refractivity contribution is -0.0189. The predicted molar refractivity (Wildman–Crippen MR) is 496 cm³/mol. The van der Waals surface area contributed by atoms with Gasteiger partial charge in [0, 0.05) is 148 Å². The largest absolute Gasteiger partial charge is 0.508 e. The van der Waals surface area contributed by atoms with Gasteiger partial charge in [-0.3, -0.25) is 24.7 Å². The maximum absolute atomic E-state index is 12.8. The number of nitrogens with zero attached hydrogens (tertiary/aromatic N) is 8. The molecule has 10 aromatic carbocycles. The number of aromatic hydroxyl groups is 10. The van der Waals surface area contributed by atoms with E-state index in [-0.39, 0.29) is 58.5 Å². The Morgan fingerprint density at radius 3 is 1.68 bits per heavy atom. The van der Waals surface area contributed by atoms with E-state index in [1.165, 1.54) is 77.9 Å². The van der Waals surface area contributed by atoms with Gasteiger partial charge < -0.3 is 85.5 Å². The molecular formula is C101H114N10O15S. The second-order valence-electron chi connectivity index (χ2n) is 33.8. The molecule has 4 atom stereocenters. The minimum atomic E-state index is -1.12. The van der Waals surface area contributed by atoms with Gasteiger partial charge in [-0.1, -0.05) is 98.3 Å². The number of ether oxygens (including phenoxy) is 4. The molecule has 2 saturated heterocycles. The maximum Gasteiger partial charge on any atom is 0.338 e. The lowest BCUT2D eigenvalue weighted by Gasteiger charge is -2.39.